The summed E-state index contributed by atoms with van der Waals surface area (Å²) >= 11 is 3.74. The molecule has 2 aliphatic carbocycles. The lowest BCUT2D eigenvalue weighted by Crippen LogP contribution is -2.10. The molecule has 21 heavy (non-hydrogen) atoms. The molecule has 0 heterocycles. The molecule has 0 spiro atoms. The van der Waals surface area contributed by atoms with Gasteiger partial charge in [-0.15, -0.1) is 0 Å². The Morgan fingerprint density at radius 2 is 1.90 bits per heavy atom. The molecule has 2 fully saturated rings. The monoisotopic (exact) mass is 350 g/mol. The molecule has 0 bridgehead atoms. The van der Waals surface area contributed by atoms with Gasteiger partial charge in [-0.3, -0.25) is 4.79 Å². The Bertz CT molecular complexity index is 516. The number of aliphatic carboxylic acids is 1. The van der Waals surface area contributed by atoms with Gasteiger partial charge in [0.2, 0.25) is 0 Å². The van der Waals surface area contributed by atoms with Crippen LogP contribution in [0, 0.1) is 5.92 Å². The van der Waals surface area contributed by atoms with Crippen molar-refractivity contribution in [3.05, 3.63) is 33.8 Å². The van der Waals surface area contributed by atoms with Crippen LogP contribution in [0.2, 0.25) is 0 Å². The molecule has 3 rings (SSSR count). The van der Waals surface area contributed by atoms with Gasteiger partial charge in [-0.25, -0.2) is 0 Å². The molecule has 2 aliphatic rings. The summed E-state index contributed by atoms with van der Waals surface area (Å²) < 4.78 is 1.18. The van der Waals surface area contributed by atoms with Crippen LogP contribution >= 0.6 is 15.9 Å². The first-order valence-electron chi connectivity index (χ1n) is 8.16. The zero-order valence-corrected chi connectivity index (χ0v) is 13.9. The average molecular weight is 351 g/mol. The summed E-state index contributed by atoms with van der Waals surface area (Å²) in [4.78, 5) is 11.1. The van der Waals surface area contributed by atoms with E-state index in [1.54, 1.807) is 0 Å². The minimum atomic E-state index is -0.681. The van der Waals surface area contributed by atoms with E-state index in [2.05, 4.69) is 34.1 Å². The van der Waals surface area contributed by atoms with E-state index in [4.69, 9.17) is 5.11 Å². The first-order chi connectivity index (χ1) is 10.1. The van der Waals surface area contributed by atoms with Crippen LogP contribution in [0.5, 0.6) is 0 Å². The predicted octanol–water partition coefficient (Wildman–Crippen LogP) is 5.47. The molecule has 0 saturated heterocycles. The number of hydrogen-bond donors (Lipinski definition) is 1. The van der Waals surface area contributed by atoms with Gasteiger partial charge in [-0.1, -0.05) is 47.3 Å². The highest BCUT2D eigenvalue weighted by Gasteiger charge is 2.34. The van der Waals surface area contributed by atoms with E-state index < -0.39 is 5.97 Å². The Kier molecular flexibility index (Phi) is 4.68. The zero-order chi connectivity index (χ0) is 14.8. The lowest BCUT2D eigenvalue weighted by atomic mass is 9.82. The van der Waals surface area contributed by atoms with Gasteiger partial charge in [0.25, 0.3) is 0 Å². The first-order valence-corrected chi connectivity index (χ1v) is 8.95. The largest absolute Gasteiger partial charge is 0.481 e. The van der Waals surface area contributed by atoms with Gasteiger partial charge in [0.1, 0.15) is 0 Å². The van der Waals surface area contributed by atoms with Crippen molar-refractivity contribution >= 4 is 21.9 Å². The fourth-order valence-electron chi connectivity index (χ4n) is 3.76. The van der Waals surface area contributed by atoms with Crippen molar-refractivity contribution in [3.8, 4) is 0 Å². The van der Waals surface area contributed by atoms with Crippen molar-refractivity contribution in [3.63, 3.8) is 0 Å². The molecule has 3 heteroatoms. The SMILES string of the molecule is O=C(O)CC(c1ccc(C2CCCCC2)c(Br)c1)C1CC1. The van der Waals surface area contributed by atoms with Crippen LogP contribution in [0.1, 0.15) is 74.3 Å². The summed E-state index contributed by atoms with van der Waals surface area (Å²) in [5.74, 6) is 0.771. The number of carbonyl (C=O) groups is 1. The van der Waals surface area contributed by atoms with Crippen LogP contribution < -0.4 is 0 Å². The van der Waals surface area contributed by atoms with Crippen LogP contribution in [-0.4, -0.2) is 11.1 Å². The van der Waals surface area contributed by atoms with Crippen LogP contribution in [0.3, 0.4) is 0 Å². The summed E-state index contributed by atoms with van der Waals surface area (Å²) in [6.07, 6.45) is 9.25. The topological polar surface area (TPSA) is 37.3 Å². The van der Waals surface area contributed by atoms with Gasteiger partial charge in [-0.2, -0.15) is 0 Å². The molecular formula is C18H23BrO2. The molecule has 2 nitrogen and oxygen atoms in total. The zero-order valence-electron chi connectivity index (χ0n) is 12.4. The molecule has 114 valence electrons. The number of hydrogen-bond acceptors (Lipinski definition) is 1. The standard InChI is InChI=1S/C18H23BrO2/c19-17-10-14(16(11-18(20)21)13-6-7-13)8-9-15(17)12-4-2-1-3-5-12/h8-10,12-13,16H,1-7,11H2,(H,20,21). The summed E-state index contributed by atoms with van der Waals surface area (Å²) in [6.45, 7) is 0. The van der Waals surface area contributed by atoms with E-state index in [1.807, 2.05) is 0 Å². The van der Waals surface area contributed by atoms with Crippen molar-refractivity contribution in [2.24, 2.45) is 5.92 Å². The van der Waals surface area contributed by atoms with Crippen LogP contribution in [0.4, 0.5) is 0 Å². The molecule has 1 aromatic rings. The van der Waals surface area contributed by atoms with Gasteiger partial charge in [-0.05, 0) is 60.6 Å². The summed E-state index contributed by atoms with van der Waals surface area (Å²) in [7, 11) is 0. The molecule has 1 aromatic carbocycles. The van der Waals surface area contributed by atoms with Crippen molar-refractivity contribution in [2.45, 2.75) is 63.2 Å². The lowest BCUT2D eigenvalue weighted by molar-refractivity contribution is -0.137. The number of carboxylic acid groups (broad SMARTS) is 1. The summed E-state index contributed by atoms with van der Waals surface area (Å²) in [5, 5.41) is 9.14. The maximum absolute atomic E-state index is 11.1. The lowest BCUT2D eigenvalue weighted by Gasteiger charge is -2.24. The Balaban J connectivity index is 1.80. The molecule has 1 atom stereocenters. The van der Waals surface area contributed by atoms with Gasteiger partial charge < -0.3 is 5.11 Å². The average Bonchev–Trinajstić information content (AvgIpc) is 3.30. The number of halogens is 1. The molecular weight excluding hydrogens is 328 g/mol. The second-order valence-corrected chi connectivity index (χ2v) is 7.51. The highest BCUT2D eigenvalue weighted by molar-refractivity contribution is 9.10. The minimum Gasteiger partial charge on any atom is -0.481 e. The van der Waals surface area contributed by atoms with Crippen molar-refractivity contribution < 1.29 is 9.90 Å². The quantitative estimate of drug-likeness (QED) is 0.764. The number of benzene rings is 1. The summed E-state index contributed by atoms with van der Waals surface area (Å²) in [6, 6.07) is 6.61. The number of carboxylic acids is 1. The molecule has 0 aliphatic heterocycles. The first kappa shape index (κ1) is 15.1. The van der Waals surface area contributed by atoms with Crippen molar-refractivity contribution in [1.29, 1.82) is 0 Å². The minimum absolute atomic E-state index is 0.194. The highest BCUT2D eigenvalue weighted by Crippen LogP contribution is 2.46. The molecule has 2 saturated carbocycles. The van der Waals surface area contributed by atoms with E-state index in [9.17, 15) is 4.79 Å². The fourth-order valence-corrected chi connectivity index (χ4v) is 4.48. The molecule has 1 N–H and O–H groups in total. The van der Waals surface area contributed by atoms with Crippen LogP contribution in [0.15, 0.2) is 22.7 Å². The maximum atomic E-state index is 11.1. The third kappa shape index (κ3) is 3.68. The van der Waals surface area contributed by atoms with Gasteiger partial charge >= 0.3 is 5.97 Å². The highest BCUT2D eigenvalue weighted by atomic mass is 79.9. The molecule has 0 amide bonds. The smallest absolute Gasteiger partial charge is 0.303 e. The van der Waals surface area contributed by atoms with Crippen LogP contribution in [-0.2, 0) is 4.79 Å². The van der Waals surface area contributed by atoms with Crippen molar-refractivity contribution in [1.82, 2.24) is 0 Å². The van der Waals surface area contributed by atoms with E-state index in [0.29, 0.717) is 11.8 Å². The molecule has 0 radical (unpaired) electrons. The Hall–Kier alpha value is -0.830. The fraction of sp³-hybridized carbons (Fsp3) is 0.611. The molecule has 1 unspecified atom stereocenters. The van der Waals surface area contributed by atoms with E-state index in [0.717, 1.165) is 0 Å². The van der Waals surface area contributed by atoms with Gasteiger partial charge in [0.15, 0.2) is 0 Å². The number of rotatable bonds is 5. The van der Waals surface area contributed by atoms with Gasteiger partial charge in [0, 0.05) is 4.47 Å². The Morgan fingerprint density at radius 3 is 2.48 bits per heavy atom. The van der Waals surface area contributed by atoms with Crippen molar-refractivity contribution in [2.75, 3.05) is 0 Å². The summed E-state index contributed by atoms with van der Waals surface area (Å²) in [5.41, 5.74) is 2.62. The normalized spacial score (nSPS) is 21.2. The third-order valence-electron chi connectivity index (χ3n) is 5.08. The van der Waals surface area contributed by atoms with Gasteiger partial charge in [0.05, 0.1) is 6.42 Å². The maximum Gasteiger partial charge on any atom is 0.303 e. The van der Waals surface area contributed by atoms with E-state index in [1.165, 1.54) is 60.5 Å². The van der Waals surface area contributed by atoms with Crippen LogP contribution in [0.25, 0.3) is 0 Å². The second-order valence-electron chi connectivity index (χ2n) is 6.66. The predicted molar refractivity (Wildman–Crippen MR) is 87.7 cm³/mol. The third-order valence-corrected chi connectivity index (χ3v) is 5.77. The molecule has 0 aromatic heterocycles. The van der Waals surface area contributed by atoms with E-state index in [-0.39, 0.29) is 12.3 Å². The second kappa shape index (κ2) is 6.51. The Labute approximate surface area is 135 Å². The Morgan fingerprint density at radius 1 is 1.19 bits per heavy atom. The van der Waals surface area contributed by atoms with E-state index >= 15 is 0 Å².